The lowest BCUT2D eigenvalue weighted by molar-refractivity contribution is -0.119. The summed E-state index contributed by atoms with van der Waals surface area (Å²) >= 11 is 10.8. The first kappa shape index (κ1) is 21.3. The smallest absolute Gasteiger partial charge is 0.227 e. The van der Waals surface area contributed by atoms with Gasteiger partial charge >= 0.3 is 0 Å². The molecule has 3 aromatic rings. The molecule has 1 heterocycles. The van der Waals surface area contributed by atoms with Crippen LogP contribution in [0.5, 0.6) is 0 Å². The maximum atomic E-state index is 11.8. The van der Waals surface area contributed by atoms with Crippen molar-refractivity contribution in [2.45, 2.75) is 39.0 Å². The highest BCUT2D eigenvalue weighted by Crippen LogP contribution is 2.29. The van der Waals surface area contributed by atoms with Crippen LogP contribution in [-0.4, -0.2) is 21.9 Å². The zero-order valence-corrected chi connectivity index (χ0v) is 18.1. The summed E-state index contributed by atoms with van der Waals surface area (Å²) in [5.74, 6) is 1.31. The molecule has 0 bridgehead atoms. The molecule has 0 fully saturated rings. The van der Waals surface area contributed by atoms with E-state index in [-0.39, 0.29) is 11.0 Å². The zero-order valence-electron chi connectivity index (χ0n) is 16.5. The van der Waals surface area contributed by atoms with E-state index in [4.69, 9.17) is 28.2 Å². The van der Waals surface area contributed by atoms with Crippen LogP contribution in [0.2, 0.25) is 0 Å². The number of nitrogens with one attached hydrogen (secondary N) is 2. The Labute approximate surface area is 180 Å². The second-order valence-corrected chi connectivity index (χ2v) is 7.72. The minimum absolute atomic E-state index is 0.157. The highest BCUT2D eigenvalue weighted by molar-refractivity contribution is 7.80. The van der Waals surface area contributed by atoms with Crippen molar-refractivity contribution in [1.29, 1.82) is 0 Å². The van der Waals surface area contributed by atoms with Crippen LogP contribution in [0.1, 0.15) is 44.6 Å². The van der Waals surface area contributed by atoms with E-state index in [0.717, 1.165) is 28.8 Å². The van der Waals surface area contributed by atoms with Gasteiger partial charge in [0, 0.05) is 23.6 Å². The third kappa shape index (κ3) is 5.55. The van der Waals surface area contributed by atoms with Gasteiger partial charge in [-0.1, -0.05) is 26.0 Å². The Morgan fingerprint density at radius 3 is 2.86 bits per heavy atom. The van der Waals surface area contributed by atoms with Crippen LogP contribution >= 0.6 is 23.8 Å². The molecule has 2 N–H and O–H groups in total. The van der Waals surface area contributed by atoms with Gasteiger partial charge in [0.15, 0.2) is 10.7 Å². The number of halogens is 1. The molecule has 1 atom stereocenters. The van der Waals surface area contributed by atoms with Gasteiger partial charge in [-0.15, -0.1) is 11.6 Å². The first-order chi connectivity index (χ1) is 14.0. The van der Waals surface area contributed by atoms with Gasteiger partial charge in [0.1, 0.15) is 5.52 Å². The fourth-order valence-electron chi connectivity index (χ4n) is 2.92. The molecular weight excluding hydrogens is 406 g/mol. The summed E-state index contributed by atoms with van der Waals surface area (Å²) in [6, 6.07) is 13.7. The Balaban J connectivity index is 1.75. The summed E-state index contributed by atoms with van der Waals surface area (Å²) in [4.78, 5) is 16.4. The van der Waals surface area contributed by atoms with Gasteiger partial charge in [0.2, 0.25) is 11.8 Å². The van der Waals surface area contributed by atoms with Crippen molar-refractivity contribution in [2.75, 3.05) is 11.2 Å². The van der Waals surface area contributed by atoms with E-state index < -0.39 is 0 Å². The van der Waals surface area contributed by atoms with Gasteiger partial charge in [0.05, 0.1) is 0 Å². The normalized spacial score (nSPS) is 12.0. The molecule has 0 aliphatic rings. The van der Waals surface area contributed by atoms with Crippen molar-refractivity contribution in [3.05, 3.63) is 48.0 Å². The van der Waals surface area contributed by atoms with Gasteiger partial charge in [-0.25, -0.2) is 4.98 Å². The molecule has 7 heteroatoms. The van der Waals surface area contributed by atoms with Crippen molar-refractivity contribution >= 4 is 51.6 Å². The predicted molar refractivity (Wildman–Crippen MR) is 122 cm³/mol. The number of aromatic nitrogens is 1. The summed E-state index contributed by atoms with van der Waals surface area (Å²) in [6.45, 7) is 4.38. The molecule has 29 heavy (non-hydrogen) atoms. The molecule has 0 spiro atoms. The molecule has 2 aromatic carbocycles. The van der Waals surface area contributed by atoms with E-state index in [2.05, 4.69) is 41.6 Å². The first-order valence-electron chi connectivity index (χ1n) is 9.68. The van der Waals surface area contributed by atoms with E-state index in [1.807, 2.05) is 30.3 Å². The summed E-state index contributed by atoms with van der Waals surface area (Å²) in [5.41, 5.74) is 4.43. The minimum Gasteiger partial charge on any atom is -0.436 e. The Bertz CT molecular complexity index is 1020. The SMILES string of the molecule is CC[C@@H](C)c1ccc2oc(-c3cccc(NC(=S)NC(=O)CCCCl)c3)nc2c1. The van der Waals surface area contributed by atoms with E-state index >= 15 is 0 Å². The quantitative estimate of drug-likeness (QED) is 0.364. The van der Waals surface area contributed by atoms with E-state index in [1.54, 1.807) is 0 Å². The summed E-state index contributed by atoms with van der Waals surface area (Å²) in [5, 5.41) is 5.92. The number of oxazole rings is 1. The third-order valence-corrected chi connectivity index (χ3v) is 5.22. The van der Waals surface area contributed by atoms with Crippen LogP contribution in [0.4, 0.5) is 5.69 Å². The van der Waals surface area contributed by atoms with Crippen LogP contribution in [0.15, 0.2) is 46.9 Å². The highest BCUT2D eigenvalue weighted by atomic mass is 35.5. The minimum atomic E-state index is -0.157. The molecule has 5 nitrogen and oxygen atoms in total. The first-order valence-corrected chi connectivity index (χ1v) is 10.6. The predicted octanol–water partition coefficient (Wildman–Crippen LogP) is 5.84. The molecule has 0 saturated heterocycles. The van der Waals surface area contributed by atoms with Gasteiger partial charge in [-0.05, 0) is 66.9 Å². The number of alkyl halides is 1. The van der Waals surface area contributed by atoms with Crippen molar-refractivity contribution in [3.8, 4) is 11.5 Å². The lowest BCUT2D eigenvalue weighted by Gasteiger charge is -2.09. The Kier molecular flexibility index (Phi) is 7.23. The Morgan fingerprint density at radius 1 is 1.28 bits per heavy atom. The standard InChI is InChI=1S/C22H24ClN3O2S/c1-3-14(2)15-9-10-19-18(13-15)25-21(28-19)16-6-4-7-17(12-16)24-22(29)26-20(27)8-5-11-23/h4,6-7,9-10,12-14H,3,5,8,11H2,1-2H3,(H2,24,26,27,29)/t14-/m1/s1. The number of amides is 1. The molecule has 3 rings (SSSR count). The highest BCUT2D eigenvalue weighted by Gasteiger charge is 2.12. The van der Waals surface area contributed by atoms with Gasteiger partial charge in [-0.3, -0.25) is 4.79 Å². The molecule has 0 unspecified atom stereocenters. The topological polar surface area (TPSA) is 67.2 Å². The molecule has 1 amide bonds. The molecule has 0 aliphatic heterocycles. The lowest BCUT2D eigenvalue weighted by atomic mass is 9.98. The van der Waals surface area contributed by atoms with Crippen LogP contribution in [0.3, 0.4) is 0 Å². The maximum absolute atomic E-state index is 11.8. The molecule has 0 radical (unpaired) electrons. The third-order valence-electron chi connectivity index (χ3n) is 4.75. The number of nitrogens with zero attached hydrogens (tertiary/aromatic N) is 1. The van der Waals surface area contributed by atoms with Gasteiger partial charge in [-0.2, -0.15) is 0 Å². The van der Waals surface area contributed by atoms with Crippen LogP contribution < -0.4 is 10.6 Å². The Morgan fingerprint density at radius 2 is 2.10 bits per heavy atom. The van der Waals surface area contributed by atoms with E-state index in [9.17, 15) is 4.79 Å². The molecule has 0 saturated carbocycles. The largest absolute Gasteiger partial charge is 0.436 e. The monoisotopic (exact) mass is 429 g/mol. The molecule has 152 valence electrons. The molecule has 0 aliphatic carbocycles. The van der Waals surface area contributed by atoms with Gasteiger partial charge in [0.25, 0.3) is 0 Å². The number of thiocarbonyl (C=S) groups is 1. The number of carbonyl (C=O) groups excluding carboxylic acids is 1. The number of carbonyl (C=O) groups is 1. The van der Waals surface area contributed by atoms with Crippen molar-refractivity contribution in [2.24, 2.45) is 0 Å². The van der Waals surface area contributed by atoms with Crippen LogP contribution in [0.25, 0.3) is 22.6 Å². The van der Waals surface area contributed by atoms with Crippen LogP contribution in [0, 0.1) is 0 Å². The lowest BCUT2D eigenvalue weighted by Crippen LogP contribution is -2.33. The van der Waals surface area contributed by atoms with E-state index in [0.29, 0.717) is 30.5 Å². The number of hydrogen-bond donors (Lipinski definition) is 2. The van der Waals surface area contributed by atoms with E-state index in [1.165, 1.54) is 5.56 Å². The zero-order chi connectivity index (χ0) is 20.8. The van der Waals surface area contributed by atoms with Crippen molar-refractivity contribution in [1.82, 2.24) is 10.3 Å². The summed E-state index contributed by atoms with van der Waals surface area (Å²) < 4.78 is 5.94. The summed E-state index contributed by atoms with van der Waals surface area (Å²) in [7, 11) is 0. The molecule has 1 aromatic heterocycles. The number of hydrogen-bond acceptors (Lipinski definition) is 4. The fourth-order valence-corrected chi connectivity index (χ4v) is 3.28. The number of anilines is 1. The average molecular weight is 430 g/mol. The van der Waals surface area contributed by atoms with Gasteiger partial charge < -0.3 is 15.1 Å². The number of benzene rings is 2. The average Bonchev–Trinajstić information content (AvgIpc) is 3.15. The van der Waals surface area contributed by atoms with Crippen molar-refractivity contribution in [3.63, 3.8) is 0 Å². The van der Waals surface area contributed by atoms with Crippen LogP contribution in [-0.2, 0) is 4.79 Å². The Hall–Kier alpha value is -2.44. The maximum Gasteiger partial charge on any atom is 0.227 e. The summed E-state index contributed by atoms with van der Waals surface area (Å²) in [6.07, 6.45) is 2.03. The molecular formula is C22H24ClN3O2S. The fraction of sp³-hybridized carbons (Fsp3) is 0.318. The number of fused-ring (bicyclic) bond motifs is 1. The second-order valence-electron chi connectivity index (χ2n) is 6.93. The second kappa shape index (κ2) is 9.85. The number of rotatable bonds is 7. The van der Waals surface area contributed by atoms with Crippen molar-refractivity contribution < 1.29 is 9.21 Å².